The van der Waals surface area contributed by atoms with Gasteiger partial charge >= 0.3 is 5.97 Å². The molecule has 0 saturated heterocycles. The molecule has 0 aliphatic heterocycles. The van der Waals surface area contributed by atoms with Crippen LogP contribution in [0.2, 0.25) is 0 Å². The molecule has 0 aromatic rings. The molecule has 2 fully saturated rings. The Labute approximate surface area is 109 Å². The number of fused-ring (bicyclic) bond motifs is 1. The number of carbonyl (C=O) groups is 3. The van der Waals surface area contributed by atoms with Gasteiger partial charge in [-0.2, -0.15) is 0 Å². The molecular formula is C11H16N3O5. The maximum absolute atomic E-state index is 11.8. The summed E-state index contributed by atoms with van der Waals surface area (Å²) in [4.78, 5) is 33.9. The smallest absolute Gasteiger partial charge is 0.329 e. The Balaban J connectivity index is 2.09. The molecule has 8 heteroatoms. The molecule has 0 aromatic carbocycles. The maximum Gasteiger partial charge on any atom is 0.329 e. The summed E-state index contributed by atoms with van der Waals surface area (Å²) in [5.74, 6) is -3.32. The third-order valence-corrected chi connectivity index (χ3v) is 3.73. The van der Waals surface area contributed by atoms with E-state index in [9.17, 15) is 24.6 Å². The standard InChI is InChI=1S/C11H16N3O5/c12-6(2-8(13)16)9(17)14-11(10(18)19)3-7(15)4-1-5(4)11/h1,4-7,15H,2-3,12H2,(H2,13,16)(H,14,17)(H,18,19)/t4-,5+,6-,7-,11-/m0/s1. The molecule has 7 N–H and O–H groups in total. The van der Waals surface area contributed by atoms with E-state index in [0.717, 1.165) is 0 Å². The van der Waals surface area contributed by atoms with Crippen LogP contribution < -0.4 is 16.8 Å². The number of aliphatic carboxylic acids is 1. The van der Waals surface area contributed by atoms with Crippen molar-refractivity contribution in [2.45, 2.75) is 30.5 Å². The first-order chi connectivity index (χ1) is 8.78. The summed E-state index contributed by atoms with van der Waals surface area (Å²) < 4.78 is 0. The summed E-state index contributed by atoms with van der Waals surface area (Å²) in [6, 6.07) is -1.19. The van der Waals surface area contributed by atoms with Crippen molar-refractivity contribution in [1.29, 1.82) is 0 Å². The Hall–Kier alpha value is -1.67. The summed E-state index contributed by atoms with van der Waals surface area (Å²) in [5, 5.41) is 21.3. The lowest BCUT2D eigenvalue weighted by atomic mass is 9.91. The minimum atomic E-state index is -1.53. The topological polar surface area (TPSA) is 156 Å². The normalized spacial score (nSPS) is 37.3. The van der Waals surface area contributed by atoms with Crippen LogP contribution in [0.15, 0.2) is 0 Å². The average Bonchev–Trinajstić information content (AvgIpc) is 3.01. The van der Waals surface area contributed by atoms with E-state index in [2.05, 4.69) is 5.32 Å². The number of amides is 2. The van der Waals surface area contributed by atoms with Gasteiger partial charge in [-0.3, -0.25) is 9.59 Å². The molecule has 8 nitrogen and oxygen atoms in total. The van der Waals surface area contributed by atoms with Crippen LogP contribution in [0.25, 0.3) is 0 Å². The monoisotopic (exact) mass is 270 g/mol. The van der Waals surface area contributed by atoms with Crippen LogP contribution in [0.1, 0.15) is 12.8 Å². The summed E-state index contributed by atoms with van der Waals surface area (Å²) in [6.45, 7) is 0. The van der Waals surface area contributed by atoms with Gasteiger partial charge in [-0.05, 0) is 12.3 Å². The van der Waals surface area contributed by atoms with Crippen molar-refractivity contribution in [3.8, 4) is 0 Å². The van der Waals surface area contributed by atoms with Gasteiger partial charge in [-0.15, -0.1) is 0 Å². The number of aliphatic hydroxyl groups excluding tert-OH is 1. The van der Waals surface area contributed by atoms with Gasteiger partial charge in [0.25, 0.3) is 0 Å². The van der Waals surface area contributed by atoms with Crippen LogP contribution in [0, 0.1) is 18.3 Å². The third kappa shape index (κ3) is 2.28. The van der Waals surface area contributed by atoms with Gasteiger partial charge < -0.3 is 27.0 Å². The molecule has 2 amide bonds. The van der Waals surface area contributed by atoms with Crippen LogP contribution >= 0.6 is 0 Å². The van der Waals surface area contributed by atoms with Crippen LogP contribution in [-0.2, 0) is 14.4 Å². The number of hydrogen-bond donors (Lipinski definition) is 5. The predicted molar refractivity (Wildman–Crippen MR) is 62.2 cm³/mol. The van der Waals surface area contributed by atoms with E-state index in [0.29, 0.717) is 0 Å². The SMILES string of the molecule is NC(=O)C[C@H](N)C(=O)N[C@@]1(C(=O)O)C[C@H](O)[C@H]2[CH][C@H]21. The van der Waals surface area contributed by atoms with Crippen LogP contribution in [-0.4, -0.2) is 45.7 Å². The predicted octanol–water partition coefficient (Wildman–Crippen LogP) is -2.66. The van der Waals surface area contributed by atoms with Gasteiger partial charge in [0, 0.05) is 12.3 Å². The Bertz CT molecular complexity index is 440. The number of hydrogen-bond acceptors (Lipinski definition) is 5. The number of nitrogens with two attached hydrogens (primary N) is 2. The highest BCUT2D eigenvalue weighted by Crippen LogP contribution is 2.56. The van der Waals surface area contributed by atoms with Gasteiger partial charge in [-0.25, -0.2) is 4.79 Å². The highest BCUT2D eigenvalue weighted by Gasteiger charge is 2.67. The minimum Gasteiger partial charge on any atom is -0.479 e. The number of aliphatic hydroxyl groups is 1. The molecule has 0 bridgehead atoms. The summed E-state index contributed by atoms with van der Waals surface area (Å²) in [5.41, 5.74) is 8.87. The van der Waals surface area contributed by atoms with Gasteiger partial charge in [0.15, 0.2) is 0 Å². The van der Waals surface area contributed by atoms with Gasteiger partial charge in [0.2, 0.25) is 11.8 Å². The van der Waals surface area contributed by atoms with E-state index >= 15 is 0 Å². The van der Waals surface area contributed by atoms with Crippen molar-refractivity contribution < 1.29 is 24.6 Å². The Morgan fingerprint density at radius 1 is 1.47 bits per heavy atom. The molecule has 2 aliphatic rings. The van der Waals surface area contributed by atoms with Crippen molar-refractivity contribution >= 4 is 17.8 Å². The highest BCUT2D eigenvalue weighted by molar-refractivity contribution is 5.93. The van der Waals surface area contributed by atoms with Crippen LogP contribution in [0.3, 0.4) is 0 Å². The quantitative estimate of drug-likeness (QED) is 0.367. The fraction of sp³-hybridized carbons (Fsp3) is 0.636. The first kappa shape index (κ1) is 13.8. The lowest BCUT2D eigenvalue weighted by molar-refractivity contribution is -0.149. The number of carboxylic acid groups (broad SMARTS) is 1. The van der Waals surface area contributed by atoms with Crippen LogP contribution in [0.4, 0.5) is 0 Å². The lowest BCUT2D eigenvalue weighted by Gasteiger charge is -2.29. The molecular weight excluding hydrogens is 254 g/mol. The maximum atomic E-state index is 11.8. The summed E-state index contributed by atoms with van der Waals surface area (Å²) in [7, 11) is 0. The fourth-order valence-electron chi connectivity index (χ4n) is 2.68. The molecule has 2 saturated carbocycles. The van der Waals surface area contributed by atoms with E-state index < -0.39 is 41.4 Å². The number of primary amides is 1. The molecule has 2 rings (SSSR count). The number of carbonyl (C=O) groups excluding carboxylic acids is 2. The zero-order chi connectivity index (χ0) is 14.4. The fourth-order valence-corrected chi connectivity index (χ4v) is 2.68. The van der Waals surface area contributed by atoms with E-state index in [1.54, 1.807) is 6.42 Å². The largest absolute Gasteiger partial charge is 0.479 e. The average molecular weight is 270 g/mol. The molecule has 105 valence electrons. The molecule has 5 atom stereocenters. The van der Waals surface area contributed by atoms with Crippen molar-refractivity contribution in [2.24, 2.45) is 23.3 Å². The first-order valence-electron chi connectivity index (χ1n) is 5.90. The number of carboxylic acids is 1. The van der Waals surface area contributed by atoms with E-state index in [1.807, 2.05) is 0 Å². The second-order valence-corrected chi connectivity index (χ2v) is 5.11. The van der Waals surface area contributed by atoms with Crippen LogP contribution in [0.5, 0.6) is 0 Å². The molecule has 1 radical (unpaired) electrons. The second kappa shape index (κ2) is 4.46. The number of rotatable bonds is 5. The van der Waals surface area contributed by atoms with Gasteiger partial charge in [0.1, 0.15) is 5.54 Å². The van der Waals surface area contributed by atoms with E-state index in [-0.39, 0.29) is 18.8 Å². The van der Waals surface area contributed by atoms with E-state index in [4.69, 9.17) is 11.5 Å². The van der Waals surface area contributed by atoms with Gasteiger partial charge in [0.05, 0.1) is 18.6 Å². The highest BCUT2D eigenvalue weighted by atomic mass is 16.4. The summed E-state index contributed by atoms with van der Waals surface area (Å²) >= 11 is 0. The zero-order valence-electron chi connectivity index (χ0n) is 10.1. The Morgan fingerprint density at radius 2 is 2.11 bits per heavy atom. The first-order valence-corrected chi connectivity index (χ1v) is 5.90. The molecule has 0 aromatic heterocycles. The van der Waals surface area contributed by atoms with Crippen molar-refractivity contribution in [2.75, 3.05) is 0 Å². The van der Waals surface area contributed by atoms with Crippen molar-refractivity contribution in [3.63, 3.8) is 0 Å². The van der Waals surface area contributed by atoms with Crippen molar-refractivity contribution in [3.05, 3.63) is 6.42 Å². The van der Waals surface area contributed by atoms with Crippen molar-refractivity contribution in [1.82, 2.24) is 5.32 Å². The Morgan fingerprint density at radius 3 is 2.47 bits per heavy atom. The Kier molecular flexibility index (Phi) is 3.23. The lowest BCUT2D eigenvalue weighted by Crippen LogP contribution is -2.59. The zero-order valence-corrected chi connectivity index (χ0v) is 10.1. The van der Waals surface area contributed by atoms with E-state index in [1.165, 1.54) is 0 Å². The third-order valence-electron chi connectivity index (χ3n) is 3.73. The molecule has 0 unspecified atom stereocenters. The molecule has 0 heterocycles. The summed E-state index contributed by atoms with van der Waals surface area (Å²) in [6.07, 6.45) is 0.474. The molecule has 19 heavy (non-hydrogen) atoms. The molecule has 2 aliphatic carbocycles. The second-order valence-electron chi connectivity index (χ2n) is 5.11. The number of nitrogens with one attached hydrogen (secondary N) is 1. The minimum absolute atomic E-state index is 0.0663. The van der Waals surface area contributed by atoms with Gasteiger partial charge in [-0.1, -0.05) is 0 Å². The molecule has 0 spiro atoms.